The molecule has 3 heteroatoms. The summed E-state index contributed by atoms with van der Waals surface area (Å²) in [6, 6.07) is 4.73. The van der Waals surface area contributed by atoms with Gasteiger partial charge in [-0.1, -0.05) is 43.1 Å². The summed E-state index contributed by atoms with van der Waals surface area (Å²) in [6.45, 7) is 10.2. The second-order valence-corrected chi connectivity index (χ2v) is 5.86. The molecule has 0 saturated heterocycles. The van der Waals surface area contributed by atoms with Crippen molar-refractivity contribution in [2.75, 3.05) is 6.61 Å². The average molecular weight is 314 g/mol. The average Bonchev–Trinajstić information content (AvgIpc) is 2.29. The van der Waals surface area contributed by atoms with Gasteiger partial charge in [-0.2, -0.15) is 0 Å². The van der Waals surface area contributed by atoms with Gasteiger partial charge < -0.3 is 10.1 Å². The fourth-order valence-corrected chi connectivity index (χ4v) is 2.39. The van der Waals surface area contributed by atoms with Crippen molar-refractivity contribution in [1.82, 2.24) is 5.32 Å². The number of hydrogen-bond donors (Lipinski definition) is 1. The van der Waals surface area contributed by atoms with Crippen LogP contribution in [0.2, 0.25) is 0 Å². The van der Waals surface area contributed by atoms with Crippen LogP contribution < -0.4 is 10.1 Å². The summed E-state index contributed by atoms with van der Waals surface area (Å²) in [7, 11) is 0. The molecule has 0 spiro atoms. The molecule has 0 radical (unpaired) electrons. The van der Waals surface area contributed by atoms with Crippen molar-refractivity contribution in [2.45, 2.75) is 53.1 Å². The normalized spacial score (nSPS) is 11.0. The lowest BCUT2D eigenvalue weighted by Gasteiger charge is -2.16. The quantitative estimate of drug-likeness (QED) is 0.752. The van der Waals surface area contributed by atoms with E-state index in [0.717, 1.165) is 36.2 Å². The summed E-state index contributed by atoms with van der Waals surface area (Å²) < 4.78 is 7.05. The molecule has 0 saturated carbocycles. The van der Waals surface area contributed by atoms with Gasteiger partial charge in [0.05, 0.1) is 6.61 Å². The predicted octanol–water partition coefficient (Wildman–Crippen LogP) is 4.43. The van der Waals surface area contributed by atoms with Crippen molar-refractivity contribution in [1.29, 1.82) is 0 Å². The van der Waals surface area contributed by atoms with E-state index < -0.39 is 0 Å². The minimum atomic E-state index is 0.479. The molecule has 0 aliphatic rings. The second-order valence-electron chi connectivity index (χ2n) is 4.95. The van der Waals surface area contributed by atoms with Crippen LogP contribution in [0.25, 0.3) is 0 Å². The molecule has 1 rings (SSSR count). The molecule has 1 N–H and O–H groups in total. The van der Waals surface area contributed by atoms with Crippen LogP contribution in [-0.2, 0) is 6.54 Å². The van der Waals surface area contributed by atoms with Crippen LogP contribution in [0.1, 0.15) is 44.7 Å². The van der Waals surface area contributed by atoms with Crippen LogP contribution in [-0.4, -0.2) is 12.6 Å². The summed E-state index contributed by atoms with van der Waals surface area (Å²) in [5, 5.41) is 3.45. The first-order chi connectivity index (χ1) is 8.54. The third-order valence-corrected chi connectivity index (χ3v) is 3.22. The number of aryl methyl sites for hydroxylation is 1. The van der Waals surface area contributed by atoms with Crippen LogP contribution in [0.15, 0.2) is 16.6 Å². The highest BCUT2D eigenvalue weighted by Crippen LogP contribution is 2.28. The number of ether oxygens (including phenoxy) is 1. The molecule has 2 nitrogen and oxygen atoms in total. The lowest BCUT2D eigenvalue weighted by atomic mass is 10.1. The molecule has 102 valence electrons. The van der Waals surface area contributed by atoms with E-state index in [0.29, 0.717) is 6.04 Å². The summed E-state index contributed by atoms with van der Waals surface area (Å²) in [6.07, 6.45) is 2.27. The third kappa shape index (κ3) is 4.99. The Morgan fingerprint density at radius 2 is 2.06 bits per heavy atom. The lowest BCUT2D eigenvalue weighted by Crippen LogP contribution is -2.22. The molecule has 0 fully saturated rings. The summed E-state index contributed by atoms with van der Waals surface area (Å²) >= 11 is 3.55. The Kier molecular flexibility index (Phi) is 6.72. The molecule has 0 bridgehead atoms. The van der Waals surface area contributed by atoms with E-state index in [1.165, 1.54) is 11.1 Å². The lowest BCUT2D eigenvalue weighted by molar-refractivity contribution is 0.303. The van der Waals surface area contributed by atoms with Gasteiger partial charge in [-0.25, -0.2) is 0 Å². The van der Waals surface area contributed by atoms with Crippen molar-refractivity contribution in [2.24, 2.45) is 0 Å². The largest absolute Gasteiger partial charge is 0.493 e. The number of benzene rings is 1. The number of halogens is 1. The molecule has 0 atom stereocenters. The minimum absolute atomic E-state index is 0.479. The molecule has 18 heavy (non-hydrogen) atoms. The van der Waals surface area contributed by atoms with Crippen molar-refractivity contribution in [3.8, 4) is 5.75 Å². The zero-order valence-electron chi connectivity index (χ0n) is 11.8. The van der Waals surface area contributed by atoms with E-state index in [-0.39, 0.29) is 0 Å². The molecule has 0 aliphatic carbocycles. The molecule has 0 aromatic heterocycles. The molecule has 0 amide bonds. The smallest absolute Gasteiger partial charge is 0.126 e. The first-order valence-electron chi connectivity index (χ1n) is 6.69. The van der Waals surface area contributed by atoms with Gasteiger partial charge in [0, 0.05) is 22.6 Å². The van der Waals surface area contributed by atoms with Gasteiger partial charge in [-0.15, -0.1) is 0 Å². The Hall–Kier alpha value is -0.540. The first kappa shape index (κ1) is 15.5. The number of unbranched alkanes of at least 4 members (excludes halogenated alkanes) is 1. The van der Waals surface area contributed by atoms with Gasteiger partial charge >= 0.3 is 0 Å². The number of hydrogen-bond acceptors (Lipinski definition) is 2. The monoisotopic (exact) mass is 313 g/mol. The Bertz CT molecular complexity index is 377. The molecule has 1 aromatic rings. The van der Waals surface area contributed by atoms with Gasteiger partial charge in [0.25, 0.3) is 0 Å². The minimum Gasteiger partial charge on any atom is -0.493 e. The highest BCUT2D eigenvalue weighted by atomic mass is 79.9. The van der Waals surface area contributed by atoms with E-state index in [4.69, 9.17) is 4.74 Å². The van der Waals surface area contributed by atoms with E-state index in [2.05, 4.69) is 61.1 Å². The van der Waals surface area contributed by atoms with E-state index in [9.17, 15) is 0 Å². The van der Waals surface area contributed by atoms with Gasteiger partial charge in [0.1, 0.15) is 5.75 Å². The zero-order chi connectivity index (χ0) is 13.5. The fraction of sp³-hybridized carbons (Fsp3) is 0.600. The number of nitrogens with one attached hydrogen (secondary N) is 1. The van der Waals surface area contributed by atoms with Crippen molar-refractivity contribution >= 4 is 15.9 Å². The Balaban J connectivity index is 2.83. The topological polar surface area (TPSA) is 21.3 Å². The predicted molar refractivity (Wildman–Crippen MR) is 81.3 cm³/mol. The van der Waals surface area contributed by atoms with Crippen LogP contribution in [0.4, 0.5) is 0 Å². The summed E-state index contributed by atoms with van der Waals surface area (Å²) in [5.41, 5.74) is 2.42. The summed E-state index contributed by atoms with van der Waals surface area (Å²) in [5.74, 6) is 1.04. The highest BCUT2D eigenvalue weighted by molar-refractivity contribution is 9.10. The van der Waals surface area contributed by atoms with Crippen molar-refractivity contribution in [3.05, 3.63) is 27.7 Å². The highest BCUT2D eigenvalue weighted by Gasteiger charge is 2.09. The Morgan fingerprint density at radius 1 is 1.33 bits per heavy atom. The van der Waals surface area contributed by atoms with Gasteiger partial charge in [-0.3, -0.25) is 0 Å². The SMILES string of the molecule is CCCCOc1c(C)cc(Br)cc1CNC(C)C. The van der Waals surface area contributed by atoms with Gasteiger partial charge in [-0.05, 0) is 31.0 Å². The van der Waals surface area contributed by atoms with Gasteiger partial charge in [0.2, 0.25) is 0 Å². The van der Waals surface area contributed by atoms with E-state index in [1.54, 1.807) is 0 Å². The Labute approximate surface area is 119 Å². The maximum Gasteiger partial charge on any atom is 0.126 e. The summed E-state index contributed by atoms with van der Waals surface area (Å²) in [4.78, 5) is 0. The van der Waals surface area contributed by atoms with Crippen molar-refractivity contribution < 1.29 is 4.74 Å². The third-order valence-electron chi connectivity index (χ3n) is 2.76. The molecule has 0 unspecified atom stereocenters. The standard InChI is InChI=1S/C15H24BrNO/c1-5-6-7-18-15-12(4)8-14(16)9-13(15)10-17-11(2)3/h8-9,11,17H,5-7,10H2,1-4H3. The molecular weight excluding hydrogens is 290 g/mol. The van der Waals surface area contributed by atoms with E-state index >= 15 is 0 Å². The maximum atomic E-state index is 5.93. The van der Waals surface area contributed by atoms with Crippen LogP contribution in [0, 0.1) is 6.92 Å². The van der Waals surface area contributed by atoms with Crippen LogP contribution in [0.3, 0.4) is 0 Å². The van der Waals surface area contributed by atoms with Crippen LogP contribution >= 0.6 is 15.9 Å². The molecular formula is C15H24BrNO. The van der Waals surface area contributed by atoms with Crippen LogP contribution in [0.5, 0.6) is 5.75 Å². The fourth-order valence-electron chi connectivity index (χ4n) is 1.77. The second kappa shape index (κ2) is 7.80. The maximum absolute atomic E-state index is 5.93. The Morgan fingerprint density at radius 3 is 2.67 bits per heavy atom. The van der Waals surface area contributed by atoms with Crippen molar-refractivity contribution in [3.63, 3.8) is 0 Å². The zero-order valence-corrected chi connectivity index (χ0v) is 13.4. The number of rotatable bonds is 7. The molecule has 0 aliphatic heterocycles. The molecule has 1 aromatic carbocycles. The first-order valence-corrected chi connectivity index (χ1v) is 7.49. The van der Waals surface area contributed by atoms with Gasteiger partial charge in [0.15, 0.2) is 0 Å². The molecule has 0 heterocycles. The van der Waals surface area contributed by atoms with E-state index in [1.807, 2.05) is 0 Å².